The Morgan fingerprint density at radius 3 is 2.89 bits per heavy atom. The molecule has 0 saturated carbocycles. The number of aromatic nitrogens is 2. The van der Waals surface area contributed by atoms with E-state index in [4.69, 9.17) is 0 Å². The largest absolute Gasteiger partial charge is 0.364 e. The van der Waals surface area contributed by atoms with Crippen LogP contribution in [0.15, 0.2) is 30.5 Å². The Hall–Kier alpha value is -1.69. The van der Waals surface area contributed by atoms with Crippen LogP contribution in [0.1, 0.15) is 6.42 Å². The first-order chi connectivity index (χ1) is 8.64. The van der Waals surface area contributed by atoms with E-state index < -0.39 is 9.84 Å². The molecule has 0 amide bonds. The van der Waals surface area contributed by atoms with Crippen molar-refractivity contribution >= 4 is 26.4 Å². The molecule has 1 unspecified atom stereocenters. The smallest absolute Gasteiger partial charge is 0.156 e. The van der Waals surface area contributed by atoms with E-state index in [-0.39, 0.29) is 17.5 Å². The van der Waals surface area contributed by atoms with Crippen molar-refractivity contribution in [2.24, 2.45) is 0 Å². The third kappa shape index (κ3) is 2.15. The molecule has 1 atom stereocenters. The Bertz CT molecular complexity index is 679. The highest BCUT2D eigenvalue weighted by molar-refractivity contribution is 7.91. The van der Waals surface area contributed by atoms with Crippen LogP contribution in [0.4, 0.5) is 5.82 Å². The van der Waals surface area contributed by atoms with Gasteiger partial charge in [-0.1, -0.05) is 24.3 Å². The summed E-state index contributed by atoms with van der Waals surface area (Å²) in [5, 5.41) is 13.1. The molecule has 1 aliphatic heterocycles. The van der Waals surface area contributed by atoms with E-state index in [1.807, 2.05) is 24.3 Å². The highest BCUT2D eigenvalue weighted by Crippen LogP contribution is 2.22. The Kier molecular flexibility index (Phi) is 2.66. The van der Waals surface area contributed by atoms with Gasteiger partial charge in [0.15, 0.2) is 15.7 Å². The third-order valence-corrected chi connectivity index (χ3v) is 4.91. The fourth-order valence-electron chi connectivity index (χ4n) is 2.24. The second kappa shape index (κ2) is 4.20. The number of nitrogens with zero attached hydrogens (tertiary/aromatic N) is 2. The van der Waals surface area contributed by atoms with Crippen LogP contribution < -0.4 is 5.32 Å². The van der Waals surface area contributed by atoms with Gasteiger partial charge in [-0.05, 0) is 6.42 Å². The maximum atomic E-state index is 11.4. The van der Waals surface area contributed by atoms with Crippen molar-refractivity contribution in [1.82, 2.24) is 10.2 Å². The predicted molar refractivity (Wildman–Crippen MR) is 70.2 cm³/mol. The topological polar surface area (TPSA) is 72.0 Å². The molecule has 6 heteroatoms. The van der Waals surface area contributed by atoms with Gasteiger partial charge in [-0.3, -0.25) is 0 Å². The molecule has 1 aliphatic rings. The van der Waals surface area contributed by atoms with E-state index in [9.17, 15) is 8.42 Å². The average molecular weight is 263 g/mol. The fraction of sp³-hybridized carbons (Fsp3) is 0.333. The summed E-state index contributed by atoms with van der Waals surface area (Å²) in [5.41, 5.74) is 0. The first-order valence-corrected chi connectivity index (χ1v) is 7.64. The molecule has 0 radical (unpaired) electrons. The number of anilines is 1. The number of sulfone groups is 1. The number of nitrogens with one attached hydrogen (secondary N) is 1. The fourth-order valence-corrected chi connectivity index (χ4v) is 3.91. The van der Waals surface area contributed by atoms with E-state index in [1.54, 1.807) is 6.20 Å². The first kappa shape index (κ1) is 11.4. The van der Waals surface area contributed by atoms with Gasteiger partial charge in [-0.2, -0.15) is 5.10 Å². The molecule has 1 aromatic heterocycles. The van der Waals surface area contributed by atoms with E-state index in [2.05, 4.69) is 15.5 Å². The Morgan fingerprint density at radius 1 is 1.28 bits per heavy atom. The van der Waals surface area contributed by atoms with Gasteiger partial charge in [0.1, 0.15) is 0 Å². The zero-order valence-corrected chi connectivity index (χ0v) is 10.5. The lowest BCUT2D eigenvalue weighted by atomic mass is 10.2. The van der Waals surface area contributed by atoms with Gasteiger partial charge in [-0.15, -0.1) is 5.10 Å². The van der Waals surface area contributed by atoms with Crippen molar-refractivity contribution in [1.29, 1.82) is 0 Å². The predicted octanol–water partition coefficient (Wildman–Crippen LogP) is 1.23. The molecule has 0 bridgehead atoms. The zero-order chi connectivity index (χ0) is 12.6. The average Bonchev–Trinajstić information content (AvgIpc) is 2.69. The molecular formula is C12H13N3O2S. The lowest BCUT2D eigenvalue weighted by Crippen LogP contribution is -2.21. The van der Waals surface area contributed by atoms with E-state index in [0.717, 1.165) is 10.8 Å². The summed E-state index contributed by atoms with van der Waals surface area (Å²) in [4.78, 5) is 0. The molecule has 18 heavy (non-hydrogen) atoms. The second-order valence-corrected chi connectivity index (χ2v) is 6.75. The Morgan fingerprint density at radius 2 is 2.11 bits per heavy atom. The molecule has 1 saturated heterocycles. The maximum Gasteiger partial charge on any atom is 0.156 e. The Labute approximate surface area is 105 Å². The molecule has 1 N–H and O–H groups in total. The minimum absolute atomic E-state index is 0.0601. The van der Waals surface area contributed by atoms with Gasteiger partial charge in [0.05, 0.1) is 17.7 Å². The van der Waals surface area contributed by atoms with Crippen molar-refractivity contribution < 1.29 is 8.42 Å². The maximum absolute atomic E-state index is 11.4. The number of benzene rings is 1. The standard InChI is InChI=1S/C12H13N3O2S/c16-18(17)6-5-10(8-18)14-12-11-4-2-1-3-9(11)7-13-15-12/h1-4,7,10H,5-6,8H2,(H,14,15). The molecule has 3 rings (SSSR count). The molecular weight excluding hydrogens is 250 g/mol. The second-order valence-electron chi connectivity index (χ2n) is 4.52. The number of hydrogen-bond donors (Lipinski definition) is 1. The van der Waals surface area contributed by atoms with Crippen molar-refractivity contribution in [2.75, 3.05) is 16.8 Å². The molecule has 2 heterocycles. The minimum atomic E-state index is -2.88. The van der Waals surface area contributed by atoms with Gasteiger partial charge < -0.3 is 5.32 Å². The molecule has 2 aromatic rings. The summed E-state index contributed by atoms with van der Waals surface area (Å²) in [5.74, 6) is 1.09. The van der Waals surface area contributed by atoms with Gasteiger partial charge in [-0.25, -0.2) is 8.42 Å². The van der Waals surface area contributed by atoms with Gasteiger partial charge in [0.2, 0.25) is 0 Å². The first-order valence-electron chi connectivity index (χ1n) is 5.81. The van der Waals surface area contributed by atoms with Gasteiger partial charge in [0, 0.05) is 16.8 Å². The summed E-state index contributed by atoms with van der Waals surface area (Å²) in [6.07, 6.45) is 2.33. The highest BCUT2D eigenvalue weighted by atomic mass is 32.2. The van der Waals surface area contributed by atoms with E-state index in [1.165, 1.54) is 0 Å². The SMILES string of the molecule is O=S1(=O)CCC(Nc2nncc3ccccc23)C1. The normalized spacial score (nSPS) is 22.1. The summed E-state index contributed by atoms with van der Waals surface area (Å²) in [6, 6.07) is 7.72. The molecule has 1 aromatic carbocycles. The summed E-state index contributed by atoms with van der Waals surface area (Å²) < 4.78 is 22.8. The molecule has 0 aliphatic carbocycles. The van der Waals surface area contributed by atoms with Gasteiger partial charge in [0.25, 0.3) is 0 Å². The number of fused-ring (bicyclic) bond motifs is 1. The lowest BCUT2D eigenvalue weighted by molar-refractivity contribution is 0.602. The minimum Gasteiger partial charge on any atom is -0.364 e. The van der Waals surface area contributed by atoms with Crippen molar-refractivity contribution in [2.45, 2.75) is 12.5 Å². The van der Waals surface area contributed by atoms with Crippen molar-refractivity contribution in [3.63, 3.8) is 0 Å². The van der Waals surface area contributed by atoms with Crippen LogP contribution in [0.5, 0.6) is 0 Å². The summed E-state index contributed by atoms with van der Waals surface area (Å²) in [7, 11) is -2.88. The summed E-state index contributed by atoms with van der Waals surface area (Å²) >= 11 is 0. The quantitative estimate of drug-likeness (QED) is 0.882. The molecule has 1 fully saturated rings. The van der Waals surface area contributed by atoms with Crippen LogP contribution in [0.3, 0.4) is 0 Å². The number of hydrogen-bond acceptors (Lipinski definition) is 5. The van der Waals surface area contributed by atoms with Crippen LogP contribution in [-0.4, -0.2) is 36.2 Å². The molecule has 94 valence electrons. The van der Waals surface area contributed by atoms with Crippen LogP contribution in [0.25, 0.3) is 10.8 Å². The number of rotatable bonds is 2. The lowest BCUT2D eigenvalue weighted by Gasteiger charge is -2.12. The van der Waals surface area contributed by atoms with Crippen LogP contribution in [0, 0.1) is 0 Å². The van der Waals surface area contributed by atoms with Crippen LogP contribution in [-0.2, 0) is 9.84 Å². The Balaban J connectivity index is 1.92. The third-order valence-electron chi connectivity index (χ3n) is 3.14. The van der Waals surface area contributed by atoms with Crippen molar-refractivity contribution in [3.8, 4) is 0 Å². The highest BCUT2D eigenvalue weighted by Gasteiger charge is 2.28. The zero-order valence-electron chi connectivity index (χ0n) is 9.70. The molecule has 0 spiro atoms. The van der Waals surface area contributed by atoms with Gasteiger partial charge >= 0.3 is 0 Å². The van der Waals surface area contributed by atoms with Crippen LogP contribution >= 0.6 is 0 Å². The summed E-state index contributed by atoms with van der Waals surface area (Å²) in [6.45, 7) is 0. The monoisotopic (exact) mass is 263 g/mol. The van der Waals surface area contributed by atoms with E-state index >= 15 is 0 Å². The molecule has 5 nitrogen and oxygen atoms in total. The van der Waals surface area contributed by atoms with Crippen molar-refractivity contribution in [3.05, 3.63) is 30.5 Å². The van der Waals surface area contributed by atoms with E-state index in [0.29, 0.717) is 12.2 Å². The van der Waals surface area contributed by atoms with Crippen LogP contribution in [0.2, 0.25) is 0 Å².